The van der Waals surface area contributed by atoms with Gasteiger partial charge >= 0.3 is 38.2 Å². The lowest BCUT2D eigenvalue weighted by Crippen LogP contribution is -2.65. The van der Waals surface area contributed by atoms with Crippen LogP contribution in [-0.4, -0.2) is 116 Å². The summed E-state index contributed by atoms with van der Waals surface area (Å²) in [5.41, 5.74) is 3.53. The number of fused-ring (bicyclic) bond motifs is 2. The third-order valence-electron chi connectivity index (χ3n) is 19.9. The first-order chi connectivity index (χ1) is 37.8. The fourth-order valence-electron chi connectivity index (χ4n) is 15.1. The highest BCUT2D eigenvalue weighted by Crippen LogP contribution is 2.67. The van der Waals surface area contributed by atoms with E-state index in [9.17, 15) is 19.2 Å². The molecule has 428 valence electrons. The van der Waals surface area contributed by atoms with Crippen LogP contribution in [0.25, 0.3) is 26.8 Å². The Morgan fingerprint density at radius 2 is 1.23 bits per heavy atom. The number of hydrogen-bond acceptors (Lipinski definition) is 11. The van der Waals surface area contributed by atoms with E-state index in [1.54, 1.807) is 17.4 Å². The molecule has 2 aromatic heterocycles. The van der Waals surface area contributed by atoms with E-state index in [1.165, 1.54) is 38.2 Å². The van der Waals surface area contributed by atoms with Crippen LogP contribution < -0.4 is 21.3 Å². The third kappa shape index (κ3) is 11.6. The molecular weight excluding hydrogens is 1020 g/mol. The van der Waals surface area contributed by atoms with E-state index < -0.39 is 32.6 Å². The van der Waals surface area contributed by atoms with Crippen LogP contribution in [0.2, 0.25) is 0 Å². The average molecular weight is 1100 g/mol. The molecule has 11 atom stereocenters. The van der Waals surface area contributed by atoms with Gasteiger partial charge in [0.25, 0.3) is 6.54 Å². The van der Waals surface area contributed by atoms with Crippen molar-refractivity contribution >= 4 is 60.1 Å². The number of nitriles is 1. The van der Waals surface area contributed by atoms with E-state index >= 15 is 0 Å². The zero-order chi connectivity index (χ0) is 55.9. The molecule has 4 bridgehead atoms. The first-order valence-corrected chi connectivity index (χ1v) is 28.7. The molecule has 20 heteroatoms. The molecule has 3 saturated heterocycles. The molecule has 4 aromatic rings. The zero-order valence-corrected chi connectivity index (χ0v) is 46.6. The van der Waals surface area contributed by atoms with Gasteiger partial charge in [-0.25, -0.2) is 16.2 Å². The Hall–Kier alpha value is -6.05. The Morgan fingerprint density at radius 1 is 0.738 bits per heavy atom. The van der Waals surface area contributed by atoms with Crippen molar-refractivity contribution in [3.63, 3.8) is 0 Å². The van der Waals surface area contributed by atoms with E-state index in [0.717, 1.165) is 71.7 Å². The molecule has 7 saturated carbocycles. The SMILES string of the molecule is C.CC1(C)[C@@H]2C[C@H]3OB([C@H](Cc4coc5ccccc45)NC(=O)NCC4CCCC4)O[C@@]3(C)[C@H]1C2.N#CCC(=O)O.[C-]#[N+]CC(=O)N1CCC[C@@H]1CNC(=O)N[C@@H](Cc1coc2ccccc12)B1O[C@@H]2C[C@@H]3C[C@@H](C3(C)C)[C@]2(C)O1. The summed E-state index contributed by atoms with van der Waals surface area (Å²) in [4.78, 5) is 52.8. The van der Waals surface area contributed by atoms with E-state index in [1.807, 2.05) is 42.5 Å². The van der Waals surface area contributed by atoms with Gasteiger partial charge in [0.15, 0.2) is 0 Å². The summed E-state index contributed by atoms with van der Waals surface area (Å²) in [5, 5.41) is 29.8. The van der Waals surface area contributed by atoms with Gasteiger partial charge in [0, 0.05) is 36.4 Å². The molecule has 5 N–H and O–H groups in total. The molecule has 5 amide bonds. The number of furan rings is 2. The lowest BCUT2D eigenvalue weighted by molar-refractivity contribution is -0.199. The van der Waals surface area contributed by atoms with Gasteiger partial charge in [0.05, 0.1) is 53.9 Å². The second-order valence-electron chi connectivity index (χ2n) is 25.1. The number of carboxylic acids is 1. The molecule has 5 heterocycles. The highest BCUT2D eigenvalue weighted by molar-refractivity contribution is 6.48. The standard InChI is InChI=1S/C29H37BN4O5.C27H37BN2O4.C3H3NO2.CH4/c1-28(2)19-13-23(28)29(3)24(14-19)38-30(39-29)25(12-18-17-37-22-10-6-5-9-21(18)22)33-27(36)32-15-20-8-7-11-34(20)26(35)16-31-4;1-26(2)19-13-22(26)27(3)23(14-19)33-28(34-27)24(30-25(31)29-15-17-8-4-5-9-17)12-18-16-32-21-11-7-6-10-20(18)21;4-2-1-3(5)6;/h5-6,9-10,17,19-20,23-25H,7-8,11-16H2,1-3H3,(H2,32,33,36);6-7,10-11,16-17,19,22-24H,4-5,8-9,12-15H2,1-3H3,(H2,29,30,31);1H2,(H,5,6);1H4/t19-,20+,23-,24+,25-,29-;19-,22-,23+,24-,27-;;/m00../s1. The topological polar surface area (TPSA) is 231 Å². The van der Waals surface area contributed by atoms with Gasteiger partial charge < -0.3 is 63.6 Å². The second-order valence-corrected chi connectivity index (χ2v) is 25.1. The van der Waals surface area contributed by atoms with Crippen molar-refractivity contribution in [3.8, 4) is 6.07 Å². The third-order valence-corrected chi connectivity index (χ3v) is 19.9. The fourth-order valence-corrected chi connectivity index (χ4v) is 15.1. The number of rotatable bonds is 14. The first kappa shape index (κ1) is 58.6. The minimum absolute atomic E-state index is 0. The summed E-state index contributed by atoms with van der Waals surface area (Å²) in [6, 6.07) is 16.8. The van der Waals surface area contributed by atoms with Crippen molar-refractivity contribution in [2.24, 2.45) is 40.4 Å². The Kier molecular flexibility index (Phi) is 17.4. The number of benzene rings is 2. The maximum atomic E-state index is 13.2. The Balaban J connectivity index is 0.000000175. The molecule has 0 spiro atoms. The van der Waals surface area contributed by atoms with Gasteiger partial charge in [-0.2, -0.15) is 5.26 Å². The molecule has 2 aromatic carbocycles. The first-order valence-electron chi connectivity index (χ1n) is 28.7. The number of nitrogens with zero attached hydrogens (tertiary/aromatic N) is 3. The van der Waals surface area contributed by atoms with Crippen molar-refractivity contribution in [1.82, 2.24) is 26.2 Å². The maximum absolute atomic E-state index is 13.2. The number of urea groups is 2. The molecule has 7 aliphatic carbocycles. The Morgan fingerprint density at radius 3 is 1.68 bits per heavy atom. The molecule has 3 aliphatic heterocycles. The largest absolute Gasteiger partial charge is 0.482 e. The van der Waals surface area contributed by atoms with E-state index in [2.05, 4.69) is 73.7 Å². The van der Waals surface area contributed by atoms with Crippen LogP contribution in [0.3, 0.4) is 0 Å². The Labute approximate surface area is 471 Å². The number of likely N-dealkylation sites (tertiary alicyclic amines) is 1. The molecule has 80 heavy (non-hydrogen) atoms. The van der Waals surface area contributed by atoms with E-state index in [-0.39, 0.29) is 78.2 Å². The average Bonchev–Trinajstić information content (AvgIpc) is 4.43. The van der Waals surface area contributed by atoms with Crippen LogP contribution in [0.1, 0.15) is 131 Å². The Bertz CT molecular complexity index is 2970. The normalized spacial score (nSPS) is 29.8. The van der Waals surface area contributed by atoms with E-state index in [4.69, 9.17) is 44.4 Å². The fraction of sp³-hybridized carbons (Fsp3) is 0.633. The minimum Gasteiger partial charge on any atom is -0.480 e. The van der Waals surface area contributed by atoms with Gasteiger partial charge in [-0.05, 0) is 142 Å². The van der Waals surface area contributed by atoms with Gasteiger partial charge in [-0.15, -0.1) is 0 Å². The number of para-hydroxylation sites is 2. The van der Waals surface area contributed by atoms with E-state index in [0.29, 0.717) is 55.5 Å². The summed E-state index contributed by atoms with van der Waals surface area (Å²) in [7, 11) is -1.06. The van der Waals surface area contributed by atoms with Crippen LogP contribution in [0.15, 0.2) is 69.9 Å². The summed E-state index contributed by atoms with van der Waals surface area (Å²) < 4.78 is 38.2. The van der Waals surface area contributed by atoms with Crippen molar-refractivity contribution in [1.29, 1.82) is 5.26 Å². The summed E-state index contributed by atoms with van der Waals surface area (Å²) in [6.45, 7) is 22.4. The molecule has 18 nitrogen and oxygen atoms in total. The molecule has 14 rings (SSSR count). The smallest absolute Gasteiger partial charge is 0.480 e. The van der Waals surface area contributed by atoms with Crippen molar-refractivity contribution in [2.75, 3.05) is 26.2 Å². The number of carbonyl (C=O) groups is 4. The van der Waals surface area contributed by atoms with Gasteiger partial charge in [0.2, 0.25) is 0 Å². The lowest BCUT2D eigenvalue weighted by Gasteiger charge is -2.64. The highest BCUT2D eigenvalue weighted by Gasteiger charge is 2.70. The molecule has 0 unspecified atom stereocenters. The lowest BCUT2D eigenvalue weighted by atomic mass is 9.43. The van der Waals surface area contributed by atoms with Crippen molar-refractivity contribution in [2.45, 2.75) is 174 Å². The van der Waals surface area contributed by atoms with Gasteiger partial charge in [-0.1, -0.05) is 84.4 Å². The molecule has 10 aliphatic rings. The number of carbonyl (C=O) groups excluding carboxylic acids is 3. The number of hydrogen-bond donors (Lipinski definition) is 5. The van der Waals surface area contributed by atoms with Crippen molar-refractivity contribution < 1.29 is 51.7 Å². The van der Waals surface area contributed by atoms with Crippen LogP contribution in [0, 0.1) is 58.3 Å². The highest BCUT2D eigenvalue weighted by atomic mass is 16.7. The zero-order valence-electron chi connectivity index (χ0n) is 46.6. The van der Waals surface area contributed by atoms with Crippen LogP contribution in [0.4, 0.5) is 9.59 Å². The second kappa shape index (κ2) is 23.8. The van der Waals surface area contributed by atoms with Gasteiger partial charge in [0.1, 0.15) is 17.6 Å². The summed E-state index contributed by atoms with van der Waals surface area (Å²) >= 11 is 0. The molecule has 0 radical (unpaired) electrons. The number of nitrogens with one attached hydrogen (secondary N) is 4. The predicted molar refractivity (Wildman–Crippen MR) is 303 cm³/mol. The number of carboxylic acid groups (broad SMARTS) is 1. The monoisotopic (exact) mass is 1100 g/mol. The number of amides is 5. The minimum atomic E-state index is -1.07. The van der Waals surface area contributed by atoms with Crippen molar-refractivity contribution in [3.05, 3.63) is 83.6 Å². The van der Waals surface area contributed by atoms with Crippen LogP contribution >= 0.6 is 0 Å². The van der Waals surface area contributed by atoms with Crippen LogP contribution in [0.5, 0.6) is 0 Å². The number of aliphatic carboxylic acids is 1. The summed E-state index contributed by atoms with van der Waals surface area (Å²) in [5.74, 6) is 0.847. The van der Waals surface area contributed by atoms with Gasteiger partial charge in [-0.3, -0.25) is 9.59 Å². The summed E-state index contributed by atoms with van der Waals surface area (Å²) in [6.07, 6.45) is 15.3. The molecule has 10 fully saturated rings. The maximum Gasteiger partial charge on any atom is 0.482 e. The van der Waals surface area contributed by atoms with Crippen LogP contribution in [-0.2, 0) is 41.0 Å². The quantitative estimate of drug-likeness (QED) is 0.0587. The molecular formula is C60H81B2N7O11. The predicted octanol–water partition coefficient (Wildman–Crippen LogP) is 9.54.